The van der Waals surface area contributed by atoms with Crippen molar-refractivity contribution in [3.05, 3.63) is 83.9 Å². The van der Waals surface area contributed by atoms with Gasteiger partial charge in [-0.2, -0.15) is 4.31 Å². The number of para-hydroxylation sites is 2. The number of amides is 1. The van der Waals surface area contributed by atoms with E-state index >= 15 is 0 Å². The average Bonchev–Trinajstić information content (AvgIpc) is 2.94. The lowest BCUT2D eigenvalue weighted by atomic mass is 10.1. The quantitative estimate of drug-likeness (QED) is 0.424. The molecule has 1 amide bonds. The van der Waals surface area contributed by atoms with Crippen LogP contribution >= 0.6 is 0 Å². The summed E-state index contributed by atoms with van der Waals surface area (Å²) in [6.45, 7) is 4.90. The van der Waals surface area contributed by atoms with Crippen LogP contribution in [-0.4, -0.2) is 70.5 Å². The number of methoxy groups -OCH3 is 1. The highest BCUT2D eigenvalue weighted by Crippen LogP contribution is 2.29. The fourth-order valence-electron chi connectivity index (χ4n) is 4.45. The van der Waals surface area contributed by atoms with Crippen molar-refractivity contribution >= 4 is 21.6 Å². The average molecular weight is 524 g/mol. The van der Waals surface area contributed by atoms with Crippen LogP contribution in [0.3, 0.4) is 0 Å². The molecule has 0 N–H and O–H groups in total. The van der Waals surface area contributed by atoms with Crippen molar-refractivity contribution < 1.29 is 22.7 Å². The van der Waals surface area contributed by atoms with Gasteiger partial charge in [-0.3, -0.25) is 4.79 Å². The Morgan fingerprint density at radius 2 is 1.59 bits per heavy atom. The van der Waals surface area contributed by atoms with Crippen LogP contribution in [0, 0.1) is 0 Å². The van der Waals surface area contributed by atoms with Crippen LogP contribution in [-0.2, 0) is 16.6 Å². The van der Waals surface area contributed by atoms with Gasteiger partial charge in [0, 0.05) is 50.9 Å². The lowest BCUT2D eigenvalue weighted by Crippen LogP contribution is -2.48. The van der Waals surface area contributed by atoms with E-state index in [1.54, 1.807) is 55.6 Å². The minimum atomic E-state index is -3.69. The Morgan fingerprint density at radius 3 is 2.27 bits per heavy atom. The molecular formula is C28H33N3O5S. The monoisotopic (exact) mass is 523 g/mol. The Morgan fingerprint density at radius 1 is 0.919 bits per heavy atom. The molecule has 37 heavy (non-hydrogen) atoms. The zero-order valence-corrected chi connectivity index (χ0v) is 22.3. The molecule has 0 bridgehead atoms. The first kappa shape index (κ1) is 26.5. The predicted octanol–water partition coefficient (Wildman–Crippen LogP) is 3.88. The maximum Gasteiger partial charge on any atom is 0.253 e. The number of anilines is 1. The molecule has 0 aromatic heterocycles. The fraction of sp³-hybridized carbons (Fsp3) is 0.321. The third-order valence-electron chi connectivity index (χ3n) is 6.44. The van der Waals surface area contributed by atoms with Crippen molar-refractivity contribution in [2.75, 3.05) is 51.8 Å². The number of carbonyl (C=O) groups is 1. The van der Waals surface area contributed by atoms with Gasteiger partial charge in [0.2, 0.25) is 10.0 Å². The van der Waals surface area contributed by atoms with Crippen molar-refractivity contribution in [2.45, 2.75) is 18.4 Å². The Kier molecular flexibility index (Phi) is 8.35. The highest BCUT2D eigenvalue weighted by Gasteiger charge is 2.26. The van der Waals surface area contributed by atoms with Crippen LogP contribution in [0.25, 0.3) is 0 Å². The Labute approximate surface area is 219 Å². The summed E-state index contributed by atoms with van der Waals surface area (Å²) < 4.78 is 38.6. The molecule has 0 spiro atoms. The summed E-state index contributed by atoms with van der Waals surface area (Å²) in [6.07, 6.45) is 0. The molecule has 0 radical (unpaired) electrons. The Hall–Kier alpha value is -3.56. The lowest BCUT2D eigenvalue weighted by Gasteiger charge is -2.36. The summed E-state index contributed by atoms with van der Waals surface area (Å²) in [5.74, 6) is 1.29. The smallest absolute Gasteiger partial charge is 0.253 e. The van der Waals surface area contributed by atoms with Gasteiger partial charge in [0.15, 0.2) is 0 Å². The first-order chi connectivity index (χ1) is 17.8. The van der Waals surface area contributed by atoms with Gasteiger partial charge in [0.1, 0.15) is 11.5 Å². The zero-order valence-electron chi connectivity index (χ0n) is 21.5. The van der Waals surface area contributed by atoms with Gasteiger partial charge in [-0.25, -0.2) is 8.42 Å². The summed E-state index contributed by atoms with van der Waals surface area (Å²) in [4.78, 5) is 17.7. The Balaban J connectivity index is 1.50. The molecule has 0 saturated carbocycles. The number of nitrogens with zero attached hydrogens (tertiary/aromatic N) is 3. The van der Waals surface area contributed by atoms with Crippen molar-refractivity contribution in [1.82, 2.24) is 9.21 Å². The summed E-state index contributed by atoms with van der Waals surface area (Å²) in [6, 6.07) is 21.4. The van der Waals surface area contributed by atoms with Crippen LogP contribution in [0.5, 0.6) is 11.5 Å². The van der Waals surface area contributed by atoms with Crippen molar-refractivity contribution in [3.8, 4) is 11.5 Å². The van der Waals surface area contributed by atoms with Crippen LogP contribution in [0.4, 0.5) is 5.69 Å². The fourth-order valence-corrected chi connectivity index (χ4v) is 5.62. The molecule has 1 heterocycles. The topological polar surface area (TPSA) is 79.4 Å². The summed E-state index contributed by atoms with van der Waals surface area (Å²) >= 11 is 0. The molecule has 4 rings (SSSR count). The normalized spacial score (nSPS) is 14.1. The van der Waals surface area contributed by atoms with Gasteiger partial charge < -0.3 is 19.3 Å². The van der Waals surface area contributed by atoms with E-state index in [4.69, 9.17) is 9.47 Å². The second-order valence-corrected chi connectivity index (χ2v) is 10.8. The number of hydrogen-bond donors (Lipinski definition) is 0. The first-order valence-electron chi connectivity index (χ1n) is 12.3. The van der Waals surface area contributed by atoms with Crippen molar-refractivity contribution in [2.24, 2.45) is 0 Å². The van der Waals surface area contributed by atoms with E-state index in [0.717, 1.165) is 11.4 Å². The van der Waals surface area contributed by atoms with Crippen LogP contribution in [0.1, 0.15) is 22.8 Å². The van der Waals surface area contributed by atoms with E-state index in [1.165, 1.54) is 11.4 Å². The van der Waals surface area contributed by atoms with E-state index in [-0.39, 0.29) is 17.3 Å². The van der Waals surface area contributed by atoms with Crippen LogP contribution in [0.2, 0.25) is 0 Å². The number of benzene rings is 3. The molecule has 0 unspecified atom stereocenters. The molecule has 0 aliphatic carbocycles. The second kappa shape index (κ2) is 11.7. The number of hydrogen-bond acceptors (Lipinski definition) is 6. The lowest BCUT2D eigenvalue weighted by molar-refractivity contribution is 0.0746. The summed E-state index contributed by atoms with van der Waals surface area (Å²) in [7, 11) is -0.505. The van der Waals surface area contributed by atoms with Gasteiger partial charge in [-0.15, -0.1) is 0 Å². The van der Waals surface area contributed by atoms with E-state index in [1.807, 2.05) is 36.1 Å². The van der Waals surface area contributed by atoms with Crippen molar-refractivity contribution in [3.63, 3.8) is 0 Å². The minimum Gasteiger partial charge on any atom is -0.495 e. The summed E-state index contributed by atoms with van der Waals surface area (Å²) in [5, 5.41) is 0. The molecule has 3 aromatic rings. The Bertz CT molecular complexity index is 1320. The molecule has 3 aromatic carbocycles. The highest BCUT2D eigenvalue weighted by atomic mass is 32.2. The van der Waals surface area contributed by atoms with Crippen LogP contribution in [0.15, 0.2) is 77.7 Å². The van der Waals surface area contributed by atoms with Gasteiger partial charge in [0.25, 0.3) is 5.91 Å². The van der Waals surface area contributed by atoms with Gasteiger partial charge in [-0.1, -0.05) is 30.3 Å². The first-order valence-corrected chi connectivity index (χ1v) is 13.7. The largest absolute Gasteiger partial charge is 0.495 e. The van der Waals surface area contributed by atoms with Crippen molar-refractivity contribution in [1.29, 1.82) is 0 Å². The number of piperazine rings is 1. The molecule has 0 atom stereocenters. The number of ether oxygens (including phenoxy) is 2. The van der Waals surface area contributed by atoms with Crippen LogP contribution < -0.4 is 14.4 Å². The predicted molar refractivity (Wildman–Crippen MR) is 144 cm³/mol. The second-order valence-electron chi connectivity index (χ2n) is 8.78. The number of carbonyl (C=O) groups excluding carboxylic acids is 1. The van der Waals surface area contributed by atoms with E-state index in [9.17, 15) is 13.2 Å². The SMILES string of the molecule is CCOc1ccc(C(=O)N2CCN(c3ccccc3OC)CC2)cc1CN(C)S(=O)(=O)c1ccccc1. The van der Waals surface area contributed by atoms with E-state index in [0.29, 0.717) is 49.7 Å². The third-order valence-corrected chi connectivity index (χ3v) is 8.26. The van der Waals surface area contributed by atoms with Gasteiger partial charge in [-0.05, 0) is 49.4 Å². The molecular weight excluding hydrogens is 490 g/mol. The minimum absolute atomic E-state index is 0.0786. The molecule has 1 saturated heterocycles. The number of rotatable bonds is 9. The molecule has 1 aliphatic heterocycles. The standard InChI is InChI=1S/C28H33N3O5S/c1-4-36-26-15-14-22(20-23(26)21-29(2)37(33,34)24-10-6-5-7-11-24)28(32)31-18-16-30(17-19-31)25-12-8-9-13-27(25)35-3/h5-15,20H,4,16-19,21H2,1-3H3. The molecule has 8 nitrogen and oxygen atoms in total. The zero-order chi connectivity index (χ0) is 26.4. The third kappa shape index (κ3) is 5.89. The number of sulfonamides is 1. The molecule has 1 fully saturated rings. The van der Waals surface area contributed by atoms with E-state index < -0.39 is 10.0 Å². The maximum atomic E-state index is 13.4. The maximum absolute atomic E-state index is 13.4. The van der Waals surface area contributed by atoms with Gasteiger partial charge >= 0.3 is 0 Å². The van der Waals surface area contributed by atoms with Gasteiger partial charge in [0.05, 0.1) is 24.3 Å². The summed E-state index contributed by atoms with van der Waals surface area (Å²) in [5.41, 5.74) is 2.17. The van der Waals surface area contributed by atoms with E-state index in [2.05, 4.69) is 4.90 Å². The highest BCUT2D eigenvalue weighted by molar-refractivity contribution is 7.89. The molecule has 1 aliphatic rings. The molecule has 196 valence electrons. The molecule has 9 heteroatoms.